The van der Waals surface area contributed by atoms with Crippen LogP contribution in [0, 0.1) is 13.8 Å². The third-order valence-electron chi connectivity index (χ3n) is 2.89. The Balaban J connectivity index is 2.23. The van der Waals surface area contributed by atoms with E-state index in [2.05, 4.69) is 10.1 Å². The Bertz CT molecular complexity index is 544. The third-order valence-corrected chi connectivity index (χ3v) is 2.89. The van der Waals surface area contributed by atoms with Gasteiger partial charge in [-0.05, 0) is 32.4 Å². The molecule has 0 aliphatic carbocycles. The second kappa shape index (κ2) is 4.78. The predicted molar refractivity (Wildman–Crippen MR) is 67.6 cm³/mol. The minimum atomic E-state index is -0.520. The van der Waals surface area contributed by atoms with Crippen LogP contribution in [0.5, 0.6) is 11.6 Å². The summed E-state index contributed by atoms with van der Waals surface area (Å²) in [6.07, 6.45) is 1.09. The fourth-order valence-electron chi connectivity index (χ4n) is 1.71. The van der Waals surface area contributed by atoms with Crippen LogP contribution >= 0.6 is 0 Å². The van der Waals surface area contributed by atoms with Crippen molar-refractivity contribution in [2.75, 3.05) is 0 Å². The smallest absolute Gasteiger partial charge is 0.219 e. The first kappa shape index (κ1) is 12.6. The van der Waals surface area contributed by atoms with E-state index in [9.17, 15) is 5.11 Å². The van der Waals surface area contributed by atoms with Crippen LogP contribution in [0.2, 0.25) is 0 Å². The normalized spacial score (nSPS) is 12.5. The highest BCUT2D eigenvalue weighted by Crippen LogP contribution is 2.27. The molecule has 0 amide bonds. The molecule has 0 aliphatic rings. The molecule has 0 saturated heterocycles. The fraction of sp³-hybridized carbons (Fsp3) is 0.385. The van der Waals surface area contributed by atoms with Crippen molar-refractivity contribution >= 4 is 0 Å². The van der Waals surface area contributed by atoms with Gasteiger partial charge in [0.2, 0.25) is 5.88 Å². The maximum atomic E-state index is 9.40. The van der Waals surface area contributed by atoms with Crippen LogP contribution in [0.3, 0.4) is 0 Å². The highest BCUT2D eigenvalue weighted by atomic mass is 16.5. The number of aromatic nitrogens is 3. The van der Waals surface area contributed by atoms with Gasteiger partial charge in [-0.25, -0.2) is 4.98 Å². The van der Waals surface area contributed by atoms with Crippen LogP contribution in [0.15, 0.2) is 18.3 Å². The highest BCUT2D eigenvalue weighted by molar-refractivity contribution is 5.35. The predicted octanol–water partition coefficient (Wildman–Crippen LogP) is 2.28. The van der Waals surface area contributed by atoms with Gasteiger partial charge in [0.15, 0.2) is 5.75 Å². The fourth-order valence-corrected chi connectivity index (χ4v) is 1.71. The van der Waals surface area contributed by atoms with Gasteiger partial charge in [0.1, 0.15) is 5.69 Å². The van der Waals surface area contributed by atoms with E-state index in [0.29, 0.717) is 5.88 Å². The SMILES string of the molecule is Cc1nn(C)c(C)c1Oc1ccc([C@H](C)O)cn1. The molecule has 2 aromatic rings. The molecule has 96 valence electrons. The molecule has 18 heavy (non-hydrogen) atoms. The molecule has 2 aromatic heterocycles. The van der Waals surface area contributed by atoms with Gasteiger partial charge in [0.05, 0.1) is 11.8 Å². The van der Waals surface area contributed by atoms with Gasteiger partial charge in [0.25, 0.3) is 0 Å². The number of aryl methyl sites for hydroxylation is 2. The molecule has 2 heterocycles. The maximum Gasteiger partial charge on any atom is 0.219 e. The van der Waals surface area contributed by atoms with E-state index >= 15 is 0 Å². The molecular weight excluding hydrogens is 230 g/mol. The molecule has 0 aromatic carbocycles. The summed E-state index contributed by atoms with van der Waals surface area (Å²) < 4.78 is 7.49. The van der Waals surface area contributed by atoms with Gasteiger partial charge in [-0.1, -0.05) is 0 Å². The Morgan fingerprint density at radius 2 is 2.06 bits per heavy atom. The largest absolute Gasteiger partial charge is 0.435 e. The first-order valence-corrected chi connectivity index (χ1v) is 5.81. The molecule has 2 rings (SSSR count). The van der Waals surface area contributed by atoms with Gasteiger partial charge in [-0.3, -0.25) is 4.68 Å². The van der Waals surface area contributed by atoms with Crippen LogP contribution in [-0.4, -0.2) is 19.9 Å². The minimum Gasteiger partial charge on any atom is -0.435 e. The molecule has 0 spiro atoms. The average Bonchev–Trinajstić information content (AvgIpc) is 2.57. The van der Waals surface area contributed by atoms with Crippen LogP contribution in [-0.2, 0) is 7.05 Å². The van der Waals surface area contributed by atoms with Crippen molar-refractivity contribution in [3.8, 4) is 11.6 Å². The monoisotopic (exact) mass is 247 g/mol. The lowest BCUT2D eigenvalue weighted by Gasteiger charge is -2.07. The van der Waals surface area contributed by atoms with Crippen LogP contribution in [0.4, 0.5) is 0 Å². The van der Waals surface area contributed by atoms with Gasteiger partial charge < -0.3 is 9.84 Å². The molecule has 5 heteroatoms. The summed E-state index contributed by atoms with van der Waals surface area (Å²) in [7, 11) is 1.87. The second-order valence-corrected chi connectivity index (χ2v) is 4.33. The van der Waals surface area contributed by atoms with Crippen molar-refractivity contribution in [1.82, 2.24) is 14.8 Å². The van der Waals surface area contributed by atoms with Crippen LogP contribution < -0.4 is 4.74 Å². The van der Waals surface area contributed by atoms with E-state index in [1.165, 1.54) is 0 Å². The van der Waals surface area contributed by atoms with Gasteiger partial charge in [-0.2, -0.15) is 5.10 Å². The molecule has 0 bridgehead atoms. The van der Waals surface area contributed by atoms with Crippen molar-refractivity contribution in [1.29, 1.82) is 0 Å². The molecule has 0 aliphatic heterocycles. The first-order chi connectivity index (χ1) is 8.49. The van der Waals surface area contributed by atoms with E-state index in [-0.39, 0.29) is 0 Å². The maximum absolute atomic E-state index is 9.40. The number of ether oxygens (including phenoxy) is 1. The van der Waals surface area contributed by atoms with Crippen LogP contribution in [0.25, 0.3) is 0 Å². The van der Waals surface area contributed by atoms with Gasteiger partial charge >= 0.3 is 0 Å². The minimum absolute atomic E-state index is 0.499. The van der Waals surface area contributed by atoms with Crippen molar-refractivity contribution in [2.24, 2.45) is 7.05 Å². The molecule has 5 nitrogen and oxygen atoms in total. The molecule has 1 N–H and O–H groups in total. The summed E-state index contributed by atoms with van der Waals surface area (Å²) >= 11 is 0. The van der Waals surface area contributed by atoms with Crippen molar-refractivity contribution in [2.45, 2.75) is 26.9 Å². The lowest BCUT2D eigenvalue weighted by molar-refractivity contribution is 0.198. The average molecular weight is 247 g/mol. The van der Waals surface area contributed by atoms with Crippen molar-refractivity contribution < 1.29 is 9.84 Å². The zero-order valence-electron chi connectivity index (χ0n) is 11.0. The van der Waals surface area contributed by atoms with E-state index in [1.54, 1.807) is 29.9 Å². The Morgan fingerprint density at radius 3 is 2.50 bits per heavy atom. The standard InChI is InChI=1S/C13H17N3O2/c1-8-13(9(2)16(4)15-8)18-12-6-5-11(7-14-12)10(3)17/h5-7,10,17H,1-4H3/t10-/m0/s1. The van der Waals surface area contributed by atoms with E-state index in [4.69, 9.17) is 4.74 Å². The number of rotatable bonds is 3. The van der Waals surface area contributed by atoms with E-state index < -0.39 is 6.10 Å². The van der Waals surface area contributed by atoms with E-state index in [1.807, 2.05) is 20.9 Å². The lowest BCUT2D eigenvalue weighted by Crippen LogP contribution is -1.95. The molecule has 0 fully saturated rings. The molecule has 0 saturated carbocycles. The topological polar surface area (TPSA) is 60.2 Å². The Morgan fingerprint density at radius 1 is 1.33 bits per heavy atom. The van der Waals surface area contributed by atoms with Crippen LogP contribution in [0.1, 0.15) is 30.0 Å². The molecule has 0 unspecified atom stereocenters. The lowest BCUT2D eigenvalue weighted by atomic mass is 10.2. The van der Waals surface area contributed by atoms with E-state index in [0.717, 1.165) is 22.7 Å². The second-order valence-electron chi connectivity index (χ2n) is 4.33. The molecule has 1 atom stereocenters. The summed E-state index contributed by atoms with van der Waals surface area (Å²) in [5.41, 5.74) is 2.55. The van der Waals surface area contributed by atoms with Crippen molar-refractivity contribution in [3.05, 3.63) is 35.3 Å². The molecule has 0 radical (unpaired) electrons. The quantitative estimate of drug-likeness (QED) is 0.904. The Labute approximate surface area is 106 Å². The molecular formula is C13H17N3O2. The number of pyridine rings is 1. The summed E-state index contributed by atoms with van der Waals surface area (Å²) in [5.74, 6) is 1.23. The third kappa shape index (κ3) is 2.36. The summed E-state index contributed by atoms with van der Waals surface area (Å²) in [4.78, 5) is 4.17. The Hall–Kier alpha value is -1.88. The summed E-state index contributed by atoms with van der Waals surface area (Å²) in [5, 5.41) is 13.7. The van der Waals surface area contributed by atoms with Crippen molar-refractivity contribution in [3.63, 3.8) is 0 Å². The summed E-state index contributed by atoms with van der Waals surface area (Å²) in [6.45, 7) is 5.54. The number of hydrogen-bond donors (Lipinski definition) is 1. The number of hydrogen-bond acceptors (Lipinski definition) is 4. The number of nitrogens with zero attached hydrogens (tertiary/aromatic N) is 3. The summed E-state index contributed by atoms with van der Waals surface area (Å²) in [6, 6.07) is 3.54. The number of aliphatic hydroxyl groups excluding tert-OH is 1. The Kier molecular flexibility index (Phi) is 3.34. The highest BCUT2D eigenvalue weighted by Gasteiger charge is 2.12. The number of aliphatic hydroxyl groups is 1. The first-order valence-electron chi connectivity index (χ1n) is 5.81. The zero-order chi connectivity index (χ0) is 13.3. The zero-order valence-corrected chi connectivity index (χ0v) is 11.0. The van der Waals surface area contributed by atoms with Gasteiger partial charge in [-0.15, -0.1) is 0 Å². The van der Waals surface area contributed by atoms with Gasteiger partial charge in [0, 0.05) is 19.3 Å².